The van der Waals surface area contributed by atoms with Crippen molar-refractivity contribution in [2.75, 3.05) is 0 Å². The summed E-state index contributed by atoms with van der Waals surface area (Å²) in [6.07, 6.45) is 3.76. The van der Waals surface area contributed by atoms with Crippen molar-refractivity contribution in [1.82, 2.24) is 15.3 Å². The molecule has 0 radical (unpaired) electrons. The third kappa shape index (κ3) is 4.40. The molecule has 0 bridgehead atoms. The first-order valence-electron chi connectivity index (χ1n) is 6.26. The number of hydrogen-bond donors (Lipinski definition) is 1. The molecule has 0 aliphatic carbocycles. The van der Waals surface area contributed by atoms with Gasteiger partial charge in [-0.2, -0.15) is 0 Å². The molecule has 100 valence electrons. The molecule has 0 unspecified atom stereocenters. The molecule has 2 rings (SSSR count). The molecule has 1 heterocycles. The molecule has 0 aliphatic rings. The highest BCUT2D eigenvalue weighted by molar-refractivity contribution is 9.10. The molecular formula is C15H18BrN3. The van der Waals surface area contributed by atoms with Crippen molar-refractivity contribution in [2.24, 2.45) is 0 Å². The number of rotatable bonds is 3. The van der Waals surface area contributed by atoms with Gasteiger partial charge >= 0.3 is 0 Å². The summed E-state index contributed by atoms with van der Waals surface area (Å²) >= 11 is 3.42. The van der Waals surface area contributed by atoms with Gasteiger partial charge in [-0.25, -0.2) is 9.97 Å². The smallest absolute Gasteiger partial charge is 0.159 e. The Labute approximate surface area is 122 Å². The van der Waals surface area contributed by atoms with Gasteiger partial charge < -0.3 is 5.32 Å². The third-order valence-electron chi connectivity index (χ3n) is 2.63. The molecule has 0 saturated heterocycles. The highest BCUT2D eigenvalue weighted by atomic mass is 79.9. The van der Waals surface area contributed by atoms with E-state index in [0.717, 1.165) is 28.0 Å². The van der Waals surface area contributed by atoms with Crippen LogP contribution in [0.4, 0.5) is 0 Å². The van der Waals surface area contributed by atoms with Crippen LogP contribution in [-0.4, -0.2) is 15.5 Å². The van der Waals surface area contributed by atoms with Crippen LogP contribution in [0.3, 0.4) is 0 Å². The SMILES string of the molecule is CC(C)(C)NCc1cnc(-c2ccc(Br)cc2)nc1. The molecule has 1 aromatic heterocycles. The topological polar surface area (TPSA) is 37.8 Å². The van der Waals surface area contributed by atoms with Gasteiger partial charge in [0.15, 0.2) is 5.82 Å². The van der Waals surface area contributed by atoms with Crippen molar-refractivity contribution in [3.63, 3.8) is 0 Å². The van der Waals surface area contributed by atoms with E-state index in [4.69, 9.17) is 0 Å². The minimum absolute atomic E-state index is 0.102. The monoisotopic (exact) mass is 319 g/mol. The molecule has 19 heavy (non-hydrogen) atoms. The lowest BCUT2D eigenvalue weighted by Crippen LogP contribution is -2.35. The fourth-order valence-electron chi connectivity index (χ4n) is 1.56. The molecule has 2 aromatic rings. The van der Waals surface area contributed by atoms with Crippen molar-refractivity contribution in [3.05, 3.63) is 46.7 Å². The molecular weight excluding hydrogens is 302 g/mol. The second kappa shape index (κ2) is 5.80. The normalized spacial score (nSPS) is 11.6. The Morgan fingerprint density at radius 1 is 1.05 bits per heavy atom. The fraction of sp³-hybridized carbons (Fsp3) is 0.333. The molecule has 4 heteroatoms. The lowest BCUT2D eigenvalue weighted by Gasteiger charge is -2.20. The van der Waals surface area contributed by atoms with Crippen molar-refractivity contribution in [1.29, 1.82) is 0 Å². The number of halogens is 1. The second-order valence-electron chi connectivity index (χ2n) is 5.53. The molecule has 0 saturated carbocycles. The number of nitrogens with one attached hydrogen (secondary N) is 1. The standard InChI is InChI=1S/C15H18BrN3/c1-15(2,3)19-10-11-8-17-14(18-9-11)12-4-6-13(16)7-5-12/h4-9,19H,10H2,1-3H3. The third-order valence-corrected chi connectivity index (χ3v) is 3.16. The van der Waals surface area contributed by atoms with Crippen molar-refractivity contribution < 1.29 is 0 Å². The summed E-state index contributed by atoms with van der Waals surface area (Å²) in [5.41, 5.74) is 2.22. The van der Waals surface area contributed by atoms with Crippen LogP contribution in [0.15, 0.2) is 41.1 Å². The molecule has 1 aromatic carbocycles. The number of benzene rings is 1. The van der Waals surface area contributed by atoms with Gasteiger partial charge in [-0.15, -0.1) is 0 Å². The van der Waals surface area contributed by atoms with Crippen LogP contribution in [0.2, 0.25) is 0 Å². The summed E-state index contributed by atoms with van der Waals surface area (Å²) in [4.78, 5) is 8.83. The maximum absolute atomic E-state index is 4.41. The summed E-state index contributed by atoms with van der Waals surface area (Å²) in [6.45, 7) is 7.21. The Bertz CT molecular complexity index is 527. The molecule has 1 N–H and O–H groups in total. The molecule has 0 atom stereocenters. The van der Waals surface area contributed by atoms with E-state index in [2.05, 4.69) is 52.0 Å². The van der Waals surface area contributed by atoms with Gasteiger partial charge in [-0.3, -0.25) is 0 Å². The molecule has 0 amide bonds. The van der Waals surface area contributed by atoms with E-state index in [1.54, 1.807) is 0 Å². The summed E-state index contributed by atoms with van der Waals surface area (Å²) in [7, 11) is 0. The number of hydrogen-bond acceptors (Lipinski definition) is 3. The van der Waals surface area contributed by atoms with Gasteiger partial charge in [0.1, 0.15) is 0 Å². The van der Waals surface area contributed by atoms with E-state index in [9.17, 15) is 0 Å². The quantitative estimate of drug-likeness (QED) is 0.935. The zero-order valence-electron chi connectivity index (χ0n) is 11.4. The summed E-state index contributed by atoms with van der Waals surface area (Å²) in [5, 5.41) is 3.42. The Kier molecular flexibility index (Phi) is 4.32. The van der Waals surface area contributed by atoms with Crippen LogP contribution in [0.5, 0.6) is 0 Å². The average Bonchev–Trinajstić information content (AvgIpc) is 2.37. The first-order valence-corrected chi connectivity index (χ1v) is 7.05. The van der Waals surface area contributed by atoms with Gasteiger partial charge in [-0.05, 0) is 32.9 Å². The molecule has 0 fully saturated rings. The minimum Gasteiger partial charge on any atom is -0.308 e. The van der Waals surface area contributed by atoms with E-state index in [1.807, 2.05) is 36.7 Å². The van der Waals surface area contributed by atoms with Crippen LogP contribution < -0.4 is 5.32 Å². The highest BCUT2D eigenvalue weighted by Gasteiger charge is 2.08. The lowest BCUT2D eigenvalue weighted by atomic mass is 10.1. The first kappa shape index (κ1) is 14.2. The van der Waals surface area contributed by atoms with E-state index in [0.29, 0.717) is 0 Å². The van der Waals surface area contributed by atoms with E-state index >= 15 is 0 Å². The van der Waals surface area contributed by atoms with E-state index < -0.39 is 0 Å². The van der Waals surface area contributed by atoms with Gasteiger partial charge in [0.05, 0.1) is 0 Å². The Morgan fingerprint density at radius 2 is 1.63 bits per heavy atom. The summed E-state index contributed by atoms with van der Waals surface area (Å²) in [5.74, 6) is 0.756. The minimum atomic E-state index is 0.102. The maximum Gasteiger partial charge on any atom is 0.159 e. The fourth-order valence-corrected chi connectivity index (χ4v) is 1.83. The number of nitrogens with zero attached hydrogens (tertiary/aromatic N) is 2. The van der Waals surface area contributed by atoms with Gasteiger partial charge in [0.25, 0.3) is 0 Å². The van der Waals surface area contributed by atoms with Crippen LogP contribution >= 0.6 is 15.9 Å². The van der Waals surface area contributed by atoms with Crippen molar-refractivity contribution in [3.8, 4) is 11.4 Å². The van der Waals surface area contributed by atoms with Gasteiger partial charge in [0, 0.05) is 40.1 Å². The largest absolute Gasteiger partial charge is 0.308 e. The Morgan fingerprint density at radius 3 is 2.16 bits per heavy atom. The van der Waals surface area contributed by atoms with Crippen LogP contribution in [0.25, 0.3) is 11.4 Å². The highest BCUT2D eigenvalue weighted by Crippen LogP contribution is 2.18. The van der Waals surface area contributed by atoms with Crippen LogP contribution in [0, 0.1) is 0 Å². The summed E-state index contributed by atoms with van der Waals surface area (Å²) < 4.78 is 1.06. The first-order chi connectivity index (χ1) is 8.94. The van der Waals surface area contributed by atoms with Crippen LogP contribution in [-0.2, 0) is 6.54 Å². The second-order valence-corrected chi connectivity index (χ2v) is 6.44. The Hall–Kier alpha value is -1.26. The van der Waals surface area contributed by atoms with E-state index in [1.165, 1.54) is 0 Å². The lowest BCUT2D eigenvalue weighted by molar-refractivity contribution is 0.423. The van der Waals surface area contributed by atoms with Crippen LogP contribution in [0.1, 0.15) is 26.3 Å². The van der Waals surface area contributed by atoms with Gasteiger partial charge in [0.2, 0.25) is 0 Å². The Balaban J connectivity index is 2.08. The number of aromatic nitrogens is 2. The zero-order valence-corrected chi connectivity index (χ0v) is 13.0. The van der Waals surface area contributed by atoms with E-state index in [-0.39, 0.29) is 5.54 Å². The van der Waals surface area contributed by atoms with Crippen molar-refractivity contribution >= 4 is 15.9 Å². The molecule has 3 nitrogen and oxygen atoms in total. The predicted octanol–water partition coefficient (Wildman–Crippen LogP) is 3.79. The average molecular weight is 320 g/mol. The van der Waals surface area contributed by atoms with Gasteiger partial charge in [-0.1, -0.05) is 28.1 Å². The molecule has 0 aliphatic heterocycles. The maximum atomic E-state index is 4.41. The zero-order chi connectivity index (χ0) is 13.9. The summed E-state index contributed by atoms with van der Waals surface area (Å²) in [6, 6.07) is 8.00. The van der Waals surface area contributed by atoms with Crippen molar-refractivity contribution in [2.45, 2.75) is 32.9 Å². The predicted molar refractivity (Wildman–Crippen MR) is 81.8 cm³/mol. The molecule has 0 spiro atoms.